The van der Waals surface area contributed by atoms with E-state index >= 15 is 0 Å². The van der Waals surface area contributed by atoms with Crippen molar-refractivity contribution in [3.8, 4) is 0 Å². The molecule has 5 aliphatic rings. The molecular weight excluding hydrogens is 348 g/mol. The lowest BCUT2D eigenvalue weighted by Crippen LogP contribution is -2.62. The second-order valence-electron chi connectivity index (χ2n) is 9.64. The average molecular weight is 376 g/mol. The Morgan fingerprint density at radius 1 is 1.30 bits per heavy atom. The molecule has 0 amide bonds. The molecule has 6 heteroatoms. The largest absolute Gasteiger partial charge is 0.388 e. The van der Waals surface area contributed by atoms with Gasteiger partial charge in [-0.15, -0.1) is 0 Å². The van der Waals surface area contributed by atoms with E-state index in [0.29, 0.717) is 19.3 Å². The molecule has 4 aliphatic carbocycles. The summed E-state index contributed by atoms with van der Waals surface area (Å²) in [7, 11) is 0. The van der Waals surface area contributed by atoms with Crippen LogP contribution >= 0.6 is 0 Å². The minimum Gasteiger partial charge on any atom is -0.388 e. The number of ether oxygens (including phenoxy) is 1. The van der Waals surface area contributed by atoms with Crippen LogP contribution in [-0.4, -0.2) is 51.5 Å². The van der Waals surface area contributed by atoms with Crippen molar-refractivity contribution in [3.05, 3.63) is 11.6 Å². The van der Waals surface area contributed by atoms with E-state index in [9.17, 15) is 24.9 Å². The van der Waals surface area contributed by atoms with E-state index in [-0.39, 0.29) is 41.5 Å². The summed E-state index contributed by atoms with van der Waals surface area (Å²) in [4.78, 5) is 24.5. The standard InChI is InChI=1S/C21H28O6/c1-19-6-4-12(23)8-11(19)2-3-13-14-5-7-21(26,16(24)10-22)20(14)9-15(17(13)19)27-18(20)25/h8,13-15,17-18,22,25-26H,2-7,9-10H2,1H3/t13-,14-,15-,17+,18?,19-,20-,21-/m0/s1. The summed E-state index contributed by atoms with van der Waals surface area (Å²) in [5.41, 5.74) is -1.65. The molecule has 0 radical (unpaired) electrons. The lowest BCUT2D eigenvalue weighted by molar-refractivity contribution is -0.200. The summed E-state index contributed by atoms with van der Waals surface area (Å²) in [6, 6.07) is 0. The third-order valence-electron chi connectivity index (χ3n) is 8.96. The van der Waals surface area contributed by atoms with Crippen molar-refractivity contribution in [2.24, 2.45) is 28.6 Å². The summed E-state index contributed by atoms with van der Waals surface area (Å²) in [5.74, 6) is 0.0248. The van der Waals surface area contributed by atoms with Gasteiger partial charge in [-0.05, 0) is 67.8 Å². The summed E-state index contributed by atoms with van der Waals surface area (Å²) in [6.07, 6.45) is 4.85. The molecule has 3 saturated carbocycles. The molecule has 4 fully saturated rings. The third-order valence-corrected chi connectivity index (χ3v) is 8.96. The van der Waals surface area contributed by atoms with Gasteiger partial charge in [0.15, 0.2) is 17.9 Å². The highest BCUT2D eigenvalue weighted by Gasteiger charge is 2.76. The molecule has 6 nitrogen and oxygen atoms in total. The molecule has 0 aromatic rings. The van der Waals surface area contributed by atoms with E-state index in [4.69, 9.17) is 4.74 Å². The molecule has 148 valence electrons. The van der Waals surface area contributed by atoms with Gasteiger partial charge in [-0.1, -0.05) is 12.5 Å². The maximum Gasteiger partial charge on any atom is 0.190 e. The molecule has 0 aromatic carbocycles. The topological polar surface area (TPSA) is 104 Å². The number of fused-ring (bicyclic) bond motifs is 6. The number of ketones is 2. The Balaban J connectivity index is 1.60. The van der Waals surface area contributed by atoms with Gasteiger partial charge in [0.1, 0.15) is 12.2 Å². The molecule has 1 spiro atoms. The zero-order chi connectivity index (χ0) is 19.2. The highest BCUT2D eigenvalue weighted by Crippen LogP contribution is 2.72. The molecule has 27 heavy (non-hydrogen) atoms. The quantitative estimate of drug-likeness (QED) is 0.667. The molecule has 1 heterocycles. The summed E-state index contributed by atoms with van der Waals surface area (Å²) < 4.78 is 6.04. The van der Waals surface area contributed by atoms with E-state index in [1.807, 2.05) is 6.08 Å². The Labute approximate surface area is 158 Å². The molecule has 3 N–H and O–H groups in total. The van der Waals surface area contributed by atoms with E-state index in [1.165, 1.54) is 5.57 Å². The highest BCUT2D eigenvalue weighted by molar-refractivity contribution is 5.92. The SMILES string of the molecule is C[C@]12CCC(=O)C=C1CC[C@@H]1[C@@H]2[C@@H]2C[C@@]3(C(O)O2)[C@H]1CC[C@]3(O)C(=O)CO. The highest BCUT2D eigenvalue weighted by atomic mass is 16.6. The van der Waals surface area contributed by atoms with Crippen molar-refractivity contribution in [2.45, 2.75) is 69.9 Å². The van der Waals surface area contributed by atoms with Crippen molar-refractivity contribution in [2.75, 3.05) is 6.61 Å². The number of rotatable bonds is 2. The summed E-state index contributed by atoms with van der Waals surface area (Å²) in [6.45, 7) is 1.51. The van der Waals surface area contributed by atoms with Crippen LogP contribution < -0.4 is 0 Å². The van der Waals surface area contributed by atoms with Gasteiger partial charge in [-0.25, -0.2) is 0 Å². The molecule has 1 unspecified atom stereocenters. The molecule has 5 rings (SSSR count). The Bertz CT molecular complexity index is 745. The summed E-state index contributed by atoms with van der Waals surface area (Å²) >= 11 is 0. The first-order valence-electron chi connectivity index (χ1n) is 10.2. The minimum atomic E-state index is -1.72. The van der Waals surface area contributed by atoms with Gasteiger partial charge in [0.2, 0.25) is 0 Å². The number of carbonyl (C=O) groups is 2. The third kappa shape index (κ3) is 1.95. The maximum atomic E-state index is 12.5. The van der Waals surface area contributed by atoms with Gasteiger partial charge < -0.3 is 20.1 Å². The van der Waals surface area contributed by atoms with Gasteiger partial charge in [0.05, 0.1) is 11.5 Å². The lowest BCUT2D eigenvalue weighted by Gasteiger charge is -2.57. The van der Waals surface area contributed by atoms with E-state index in [2.05, 4.69) is 6.92 Å². The predicted octanol–water partition coefficient (Wildman–Crippen LogP) is 1.12. The van der Waals surface area contributed by atoms with Crippen molar-refractivity contribution in [1.29, 1.82) is 0 Å². The fourth-order valence-corrected chi connectivity index (χ4v) is 7.80. The molecule has 0 aromatic heterocycles. The zero-order valence-corrected chi connectivity index (χ0v) is 15.7. The van der Waals surface area contributed by atoms with Crippen LogP contribution in [0.4, 0.5) is 0 Å². The number of allylic oxidation sites excluding steroid dienone is 1. The fraction of sp³-hybridized carbons (Fsp3) is 0.810. The lowest BCUT2D eigenvalue weighted by atomic mass is 9.46. The first-order chi connectivity index (χ1) is 12.8. The minimum absolute atomic E-state index is 0.00671. The predicted molar refractivity (Wildman–Crippen MR) is 94.3 cm³/mol. The van der Waals surface area contributed by atoms with Crippen LogP contribution in [0.2, 0.25) is 0 Å². The van der Waals surface area contributed by atoms with Gasteiger partial charge in [-0.2, -0.15) is 0 Å². The second kappa shape index (κ2) is 5.50. The normalized spacial score (nSPS) is 53.4. The Kier molecular flexibility index (Phi) is 3.66. The van der Waals surface area contributed by atoms with Crippen LogP contribution in [-0.2, 0) is 14.3 Å². The zero-order valence-electron chi connectivity index (χ0n) is 15.7. The van der Waals surface area contributed by atoms with E-state index in [0.717, 1.165) is 19.3 Å². The van der Waals surface area contributed by atoms with Crippen molar-refractivity contribution in [1.82, 2.24) is 0 Å². The molecular formula is C21H28O6. The van der Waals surface area contributed by atoms with Gasteiger partial charge in [0, 0.05) is 6.42 Å². The van der Waals surface area contributed by atoms with Crippen LogP contribution in [0.3, 0.4) is 0 Å². The van der Waals surface area contributed by atoms with Crippen LogP contribution in [0.5, 0.6) is 0 Å². The van der Waals surface area contributed by atoms with Crippen molar-refractivity contribution < 1.29 is 29.6 Å². The van der Waals surface area contributed by atoms with Crippen molar-refractivity contribution >= 4 is 11.6 Å². The summed E-state index contributed by atoms with van der Waals surface area (Å²) in [5, 5.41) is 31.7. The van der Waals surface area contributed by atoms with Crippen LogP contribution in [0.1, 0.15) is 51.9 Å². The number of hydrogen-bond acceptors (Lipinski definition) is 6. The van der Waals surface area contributed by atoms with Crippen LogP contribution in [0.25, 0.3) is 0 Å². The Hall–Kier alpha value is -1.08. The van der Waals surface area contributed by atoms with Crippen LogP contribution in [0.15, 0.2) is 11.6 Å². The number of aliphatic hydroxyl groups excluding tert-OH is 2. The van der Waals surface area contributed by atoms with E-state index < -0.39 is 29.7 Å². The molecule has 2 bridgehead atoms. The maximum absolute atomic E-state index is 12.5. The number of carbonyl (C=O) groups excluding carboxylic acids is 2. The first kappa shape index (κ1) is 18.0. The first-order valence-corrected chi connectivity index (χ1v) is 10.2. The molecule has 8 atom stereocenters. The molecule has 1 aliphatic heterocycles. The van der Waals surface area contributed by atoms with Gasteiger partial charge >= 0.3 is 0 Å². The van der Waals surface area contributed by atoms with Gasteiger partial charge in [-0.3, -0.25) is 9.59 Å². The van der Waals surface area contributed by atoms with Crippen LogP contribution in [0, 0.1) is 28.6 Å². The Morgan fingerprint density at radius 3 is 2.81 bits per heavy atom. The number of Topliss-reactive ketones (excluding diaryl/α,β-unsaturated/α-hetero) is 1. The smallest absolute Gasteiger partial charge is 0.190 e. The van der Waals surface area contributed by atoms with E-state index in [1.54, 1.807) is 0 Å². The number of hydrogen-bond donors (Lipinski definition) is 3. The van der Waals surface area contributed by atoms with Crippen molar-refractivity contribution in [3.63, 3.8) is 0 Å². The number of aliphatic hydroxyl groups is 3. The Morgan fingerprint density at radius 2 is 2.07 bits per heavy atom. The fourth-order valence-electron chi connectivity index (χ4n) is 7.80. The van der Waals surface area contributed by atoms with Gasteiger partial charge in [0.25, 0.3) is 0 Å². The second-order valence-corrected chi connectivity index (χ2v) is 9.64. The monoisotopic (exact) mass is 376 g/mol. The molecule has 1 saturated heterocycles. The average Bonchev–Trinajstić information content (AvgIpc) is 3.11.